The number of hydrogen-bond acceptors (Lipinski definition) is 2. The predicted molar refractivity (Wildman–Crippen MR) is 113 cm³/mol. The average Bonchev–Trinajstić information content (AvgIpc) is 2.65. The molecule has 0 aliphatic rings. The van der Waals surface area contributed by atoms with E-state index in [2.05, 4.69) is 13.8 Å². The highest BCUT2D eigenvalue weighted by molar-refractivity contribution is 5.41. The fraction of sp³-hybridized carbons (Fsp3) is 0.750. The summed E-state index contributed by atoms with van der Waals surface area (Å²) in [5.41, 5.74) is 1.28. The molecule has 0 radical (unpaired) electrons. The van der Waals surface area contributed by atoms with Gasteiger partial charge in [0.15, 0.2) is 11.5 Å². The van der Waals surface area contributed by atoms with Crippen molar-refractivity contribution in [1.29, 1.82) is 0 Å². The van der Waals surface area contributed by atoms with Gasteiger partial charge < -0.3 is 9.84 Å². The fourth-order valence-electron chi connectivity index (χ4n) is 3.36. The summed E-state index contributed by atoms with van der Waals surface area (Å²) in [6, 6.07) is 5.85. The smallest absolute Gasteiger partial charge is 0.161 e. The number of aromatic hydroxyl groups is 1. The molecule has 0 aromatic heterocycles. The van der Waals surface area contributed by atoms with E-state index in [1.54, 1.807) is 6.07 Å². The summed E-state index contributed by atoms with van der Waals surface area (Å²) in [6.45, 7) is 5.23. The summed E-state index contributed by atoms with van der Waals surface area (Å²) in [7, 11) is 0. The van der Waals surface area contributed by atoms with Gasteiger partial charge in [-0.05, 0) is 37.0 Å². The van der Waals surface area contributed by atoms with Crippen LogP contribution in [0, 0.1) is 0 Å². The maximum atomic E-state index is 10.0. The summed E-state index contributed by atoms with van der Waals surface area (Å²) < 4.78 is 5.83. The number of benzene rings is 1. The predicted octanol–water partition coefficient (Wildman–Crippen LogP) is 7.81. The molecule has 0 bridgehead atoms. The van der Waals surface area contributed by atoms with Crippen LogP contribution in [-0.4, -0.2) is 11.7 Å². The molecule has 0 heterocycles. The molecule has 150 valence electrons. The third-order valence-corrected chi connectivity index (χ3v) is 5.10. The van der Waals surface area contributed by atoms with Crippen molar-refractivity contribution in [2.24, 2.45) is 0 Å². The molecule has 0 saturated heterocycles. The lowest BCUT2D eigenvalue weighted by molar-refractivity contribution is 0.288. The van der Waals surface area contributed by atoms with Gasteiger partial charge in [0, 0.05) is 0 Å². The summed E-state index contributed by atoms with van der Waals surface area (Å²) in [6.07, 6.45) is 19.4. The van der Waals surface area contributed by atoms with Crippen molar-refractivity contribution >= 4 is 0 Å². The summed E-state index contributed by atoms with van der Waals surface area (Å²) >= 11 is 0. The Bertz CT molecular complexity index is 442. The monoisotopic (exact) mass is 362 g/mol. The van der Waals surface area contributed by atoms with Crippen LogP contribution in [0.15, 0.2) is 18.2 Å². The number of unbranched alkanes of at least 4 members (excludes halogenated alkanes) is 12. The third-order valence-electron chi connectivity index (χ3n) is 5.10. The van der Waals surface area contributed by atoms with Crippen LogP contribution < -0.4 is 4.74 Å². The minimum atomic E-state index is 0.274. The van der Waals surface area contributed by atoms with Crippen LogP contribution in [0.2, 0.25) is 0 Å². The van der Waals surface area contributed by atoms with E-state index < -0.39 is 0 Å². The lowest BCUT2D eigenvalue weighted by Gasteiger charge is -2.10. The van der Waals surface area contributed by atoms with Crippen molar-refractivity contribution in [3.05, 3.63) is 23.8 Å². The molecule has 1 aromatic carbocycles. The molecule has 2 heteroatoms. The topological polar surface area (TPSA) is 29.5 Å². The van der Waals surface area contributed by atoms with E-state index in [-0.39, 0.29) is 5.75 Å². The van der Waals surface area contributed by atoms with Gasteiger partial charge in [-0.2, -0.15) is 0 Å². The first-order chi connectivity index (χ1) is 12.8. The molecular formula is C24H42O2. The van der Waals surface area contributed by atoms with E-state index >= 15 is 0 Å². The van der Waals surface area contributed by atoms with Crippen molar-refractivity contribution in [1.82, 2.24) is 0 Å². The van der Waals surface area contributed by atoms with Crippen LogP contribution in [0.4, 0.5) is 0 Å². The number of phenolic OH excluding ortho intramolecular Hbond substituents is 1. The zero-order valence-electron chi connectivity index (χ0n) is 17.4. The average molecular weight is 363 g/mol. The number of aryl methyl sites for hydroxylation is 1. The molecule has 0 aliphatic carbocycles. The second-order valence-electron chi connectivity index (χ2n) is 7.64. The molecule has 0 saturated carbocycles. The Morgan fingerprint density at radius 1 is 0.692 bits per heavy atom. The van der Waals surface area contributed by atoms with Crippen molar-refractivity contribution in [3.8, 4) is 11.5 Å². The maximum Gasteiger partial charge on any atom is 0.161 e. The molecule has 0 aliphatic heterocycles. The first-order valence-corrected chi connectivity index (χ1v) is 11.2. The van der Waals surface area contributed by atoms with Gasteiger partial charge >= 0.3 is 0 Å². The molecule has 26 heavy (non-hydrogen) atoms. The summed E-state index contributed by atoms with van der Waals surface area (Å²) in [5, 5.41) is 10.0. The molecule has 2 nitrogen and oxygen atoms in total. The van der Waals surface area contributed by atoms with Crippen molar-refractivity contribution in [3.63, 3.8) is 0 Å². The van der Waals surface area contributed by atoms with Crippen LogP contribution in [0.3, 0.4) is 0 Å². The normalized spacial score (nSPS) is 11.0. The SMILES string of the molecule is CCCCCCCCCCOc1cc(CCCCCCCC)ccc1O. The van der Waals surface area contributed by atoms with E-state index in [9.17, 15) is 5.11 Å². The van der Waals surface area contributed by atoms with Crippen molar-refractivity contribution < 1.29 is 9.84 Å². The van der Waals surface area contributed by atoms with E-state index in [1.165, 1.54) is 89.0 Å². The van der Waals surface area contributed by atoms with Gasteiger partial charge in [-0.3, -0.25) is 0 Å². The molecule has 0 spiro atoms. The Labute approximate surface area is 162 Å². The van der Waals surface area contributed by atoms with E-state index in [1.807, 2.05) is 12.1 Å². The first-order valence-electron chi connectivity index (χ1n) is 11.2. The Hall–Kier alpha value is -1.18. The highest BCUT2D eigenvalue weighted by atomic mass is 16.5. The highest BCUT2D eigenvalue weighted by Crippen LogP contribution is 2.28. The molecular weight excluding hydrogens is 320 g/mol. The minimum absolute atomic E-state index is 0.274. The fourth-order valence-corrected chi connectivity index (χ4v) is 3.36. The van der Waals surface area contributed by atoms with E-state index in [0.717, 1.165) is 12.8 Å². The van der Waals surface area contributed by atoms with Crippen LogP contribution in [-0.2, 0) is 6.42 Å². The van der Waals surface area contributed by atoms with Gasteiger partial charge in [0.25, 0.3) is 0 Å². The van der Waals surface area contributed by atoms with Crippen LogP contribution in [0.25, 0.3) is 0 Å². The Morgan fingerprint density at radius 2 is 1.23 bits per heavy atom. The molecule has 1 rings (SSSR count). The second-order valence-corrected chi connectivity index (χ2v) is 7.64. The van der Waals surface area contributed by atoms with Gasteiger partial charge in [0.1, 0.15) is 0 Å². The van der Waals surface area contributed by atoms with Gasteiger partial charge in [-0.15, -0.1) is 0 Å². The molecule has 1 aromatic rings. The second kappa shape index (κ2) is 16.0. The Kier molecular flexibility index (Phi) is 14.1. The number of rotatable bonds is 17. The van der Waals surface area contributed by atoms with Crippen LogP contribution in [0.1, 0.15) is 109 Å². The lowest BCUT2D eigenvalue weighted by atomic mass is 10.0. The van der Waals surface area contributed by atoms with Gasteiger partial charge in [0.05, 0.1) is 6.61 Å². The maximum absolute atomic E-state index is 10.0. The van der Waals surface area contributed by atoms with E-state index in [4.69, 9.17) is 4.74 Å². The lowest BCUT2D eigenvalue weighted by Crippen LogP contribution is -1.98. The highest BCUT2D eigenvalue weighted by Gasteiger charge is 2.04. The summed E-state index contributed by atoms with van der Waals surface area (Å²) in [5.74, 6) is 0.938. The number of phenols is 1. The van der Waals surface area contributed by atoms with Gasteiger partial charge in [-0.25, -0.2) is 0 Å². The van der Waals surface area contributed by atoms with Crippen molar-refractivity contribution in [2.75, 3.05) is 6.61 Å². The number of ether oxygens (including phenoxy) is 1. The van der Waals surface area contributed by atoms with Crippen LogP contribution in [0.5, 0.6) is 11.5 Å². The first kappa shape index (κ1) is 22.9. The van der Waals surface area contributed by atoms with Crippen LogP contribution >= 0.6 is 0 Å². The largest absolute Gasteiger partial charge is 0.504 e. The standard InChI is InChI=1S/C24H42O2/c1-3-5-7-9-11-12-14-16-20-26-24-21-22(18-19-23(24)25)17-15-13-10-8-6-4-2/h18-19,21,25H,3-17,20H2,1-2H3. The number of hydrogen-bond donors (Lipinski definition) is 1. The molecule has 0 fully saturated rings. The molecule has 1 N–H and O–H groups in total. The molecule has 0 atom stereocenters. The molecule has 0 unspecified atom stereocenters. The Morgan fingerprint density at radius 3 is 1.85 bits per heavy atom. The van der Waals surface area contributed by atoms with Crippen molar-refractivity contribution in [2.45, 2.75) is 110 Å². The Balaban J connectivity index is 2.15. The molecule has 0 amide bonds. The minimum Gasteiger partial charge on any atom is -0.504 e. The third kappa shape index (κ3) is 11.4. The van der Waals surface area contributed by atoms with E-state index in [0.29, 0.717) is 12.4 Å². The van der Waals surface area contributed by atoms with Gasteiger partial charge in [0.2, 0.25) is 0 Å². The summed E-state index contributed by atoms with van der Waals surface area (Å²) in [4.78, 5) is 0. The zero-order valence-corrected chi connectivity index (χ0v) is 17.4. The van der Waals surface area contributed by atoms with Gasteiger partial charge in [-0.1, -0.05) is 97.0 Å². The zero-order chi connectivity index (χ0) is 18.9. The quantitative estimate of drug-likeness (QED) is 0.286.